The van der Waals surface area contributed by atoms with E-state index in [0.717, 1.165) is 19.5 Å². The highest BCUT2D eigenvalue weighted by Crippen LogP contribution is 2.26. The number of likely N-dealkylation sites (tertiary alicyclic amines) is 1. The number of para-hydroxylation sites is 2. The average molecular weight is 349 g/mol. The van der Waals surface area contributed by atoms with Crippen LogP contribution in [0.15, 0.2) is 24.3 Å². The van der Waals surface area contributed by atoms with Gasteiger partial charge in [0.25, 0.3) is 5.91 Å². The largest absolute Gasteiger partial charge is 0.490 e. The van der Waals surface area contributed by atoms with Crippen LogP contribution in [0.4, 0.5) is 0 Å². The predicted octanol–water partition coefficient (Wildman–Crippen LogP) is 2.51. The van der Waals surface area contributed by atoms with E-state index in [1.165, 1.54) is 0 Å². The highest BCUT2D eigenvalue weighted by Gasteiger charge is 2.25. The standard InChI is InChI=1S/C19H27NO5/c1-4-23-16-7-5-6-8-17(16)24-13-19(22)25-12-18(21)20-10-14(2)9-15(3)11-20/h5-8,14-15H,4,9-13H2,1-3H3/t14-,15+. The Morgan fingerprint density at radius 1 is 1.04 bits per heavy atom. The van der Waals surface area contributed by atoms with Gasteiger partial charge in [0.05, 0.1) is 6.61 Å². The van der Waals surface area contributed by atoms with Gasteiger partial charge in [-0.3, -0.25) is 4.79 Å². The molecule has 25 heavy (non-hydrogen) atoms. The van der Waals surface area contributed by atoms with Gasteiger partial charge in [0, 0.05) is 13.1 Å². The Labute approximate surface area is 149 Å². The van der Waals surface area contributed by atoms with Crippen LogP contribution in [-0.4, -0.2) is 49.7 Å². The molecule has 0 unspecified atom stereocenters. The van der Waals surface area contributed by atoms with Gasteiger partial charge in [0.1, 0.15) is 0 Å². The fourth-order valence-electron chi connectivity index (χ4n) is 3.12. The molecule has 2 rings (SSSR count). The Morgan fingerprint density at radius 3 is 2.24 bits per heavy atom. The molecule has 6 nitrogen and oxygen atoms in total. The van der Waals surface area contributed by atoms with Crippen molar-refractivity contribution >= 4 is 11.9 Å². The zero-order chi connectivity index (χ0) is 18.2. The van der Waals surface area contributed by atoms with Gasteiger partial charge in [-0.1, -0.05) is 26.0 Å². The highest BCUT2D eigenvalue weighted by atomic mass is 16.6. The Morgan fingerprint density at radius 2 is 1.64 bits per heavy atom. The topological polar surface area (TPSA) is 65.1 Å². The van der Waals surface area contributed by atoms with Crippen LogP contribution >= 0.6 is 0 Å². The van der Waals surface area contributed by atoms with Crippen LogP contribution < -0.4 is 9.47 Å². The lowest BCUT2D eigenvalue weighted by Crippen LogP contribution is -2.44. The van der Waals surface area contributed by atoms with Crippen LogP contribution in [0, 0.1) is 11.8 Å². The molecule has 1 amide bonds. The molecule has 1 aromatic carbocycles. The summed E-state index contributed by atoms with van der Waals surface area (Å²) < 4.78 is 15.9. The minimum absolute atomic E-state index is 0.151. The number of hydrogen-bond acceptors (Lipinski definition) is 5. The maximum atomic E-state index is 12.2. The number of esters is 1. The van der Waals surface area contributed by atoms with Gasteiger partial charge < -0.3 is 19.1 Å². The van der Waals surface area contributed by atoms with E-state index >= 15 is 0 Å². The molecular formula is C19H27NO5. The molecule has 0 N–H and O–H groups in total. The van der Waals surface area contributed by atoms with E-state index in [-0.39, 0.29) is 19.1 Å². The first-order valence-electron chi connectivity index (χ1n) is 8.77. The minimum atomic E-state index is -0.572. The molecule has 1 aliphatic rings. The van der Waals surface area contributed by atoms with Crippen LogP contribution in [0.5, 0.6) is 11.5 Å². The van der Waals surface area contributed by atoms with Crippen molar-refractivity contribution in [1.82, 2.24) is 4.90 Å². The summed E-state index contributed by atoms with van der Waals surface area (Å²) in [7, 11) is 0. The molecule has 1 aliphatic heterocycles. The Kier molecular flexibility index (Phi) is 7.10. The van der Waals surface area contributed by atoms with E-state index in [4.69, 9.17) is 14.2 Å². The molecule has 138 valence electrons. The first kappa shape index (κ1) is 19.1. The maximum absolute atomic E-state index is 12.2. The normalized spacial score (nSPS) is 20.0. The van der Waals surface area contributed by atoms with Crippen molar-refractivity contribution in [3.63, 3.8) is 0 Å². The third-order valence-electron chi connectivity index (χ3n) is 4.07. The number of rotatable bonds is 7. The van der Waals surface area contributed by atoms with Crippen molar-refractivity contribution in [3.8, 4) is 11.5 Å². The summed E-state index contributed by atoms with van der Waals surface area (Å²) in [6, 6.07) is 7.12. The summed E-state index contributed by atoms with van der Waals surface area (Å²) >= 11 is 0. The molecule has 0 aliphatic carbocycles. The summed E-state index contributed by atoms with van der Waals surface area (Å²) in [5.74, 6) is 1.28. The molecular weight excluding hydrogens is 322 g/mol. The molecule has 1 heterocycles. The fourth-order valence-corrected chi connectivity index (χ4v) is 3.12. The SMILES string of the molecule is CCOc1ccccc1OCC(=O)OCC(=O)N1C[C@H](C)C[C@H](C)C1. The Bertz CT molecular complexity index is 579. The summed E-state index contributed by atoms with van der Waals surface area (Å²) in [5.41, 5.74) is 0. The van der Waals surface area contributed by atoms with Crippen LogP contribution in [0.3, 0.4) is 0 Å². The zero-order valence-electron chi connectivity index (χ0n) is 15.2. The zero-order valence-corrected chi connectivity index (χ0v) is 15.2. The van der Waals surface area contributed by atoms with Crippen molar-refractivity contribution in [2.45, 2.75) is 27.2 Å². The second kappa shape index (κ2) is 9.30. The summed E-state index contributed by atoms with van der Waals surface area (Å²) in [5, 5.41) is 0. The lowest BCUT2D eigenvalue weighted by atomic mass is 9.92. The molecule has 0 spiro atoms. The molecule has 6 heteroatoms. The van der Waals surface area contributed by atoms with Gasteiger partial charge in [0.2, 0.25) is 0 Å². The molecule has 0 aromatic heterocycles. The fraction of sp³-hybridized carbons (Fsp3) is 0.579. The maximum Gasteiger partial charge on any atom is 0.344 e. The lowest BCUT2D eigenvalue weighted by molar-refractivity contribution is -0.154. The first-order chi connectivity index (χ1) is 12.0. The van der Waals surface area contributed by atoms with Gasteiger partial charge >= 0.3 is 5.97 Å². The smallest absolute Gasteiger partial charge is 0.344 e. The monoisotopic (exact) mass is 349 g/mol. The molecule has 1 fully saturated rings. The Balaban J connectivity index is 1.76. The molecule has 1 aromatic rings. The average Bonchev–Trinajstić information content (AvgIpc) is 2.58. The van der Waals surface area contributed by atoms with Crippen molar-refractivity contribution in [1.29, 1.82) is 0 Å². The van der Waals surface area contributed by atoms with Gasteiger partial charge in [0.15, 0.2) is 24.7 Å². The van der Waals surface area contributed by atoms with E-state index < -0.39 is 5.97 Å². The molecule has 0 radical (unpaired) electrons. The van der Waals surface area contributed by atoms with Crippen LogP contribution in [0.25, 0.3) is 0 Å². The van der Waals surface area contributed by atoms with Gasteiger partial charge in [-0.2, -0.15) is 0 Å². The lowest BCUT2D eigenvalue weighted by Gasteiger charge is -2.34. The van der Waals surface area contributed by atoms with Crippen LogP contribution in [-0.2, 0) is 14.3 Å². The molecule has 2 atom stereocenters. The van der Waals surface area contributed by atoms with E-state index in [9.17, 15) is 9.59 Å². The number of nitrogens with zero attached hydrogens (tertiary/aromatic N) is 1. The van der Waals surface area contributed by atoms with Crippen molar-refractivity contribution < 1.29 is 23.8 Å². The van der Waals surface area contributed by atoms with E-state index in [2.05, 4.69) is 13.8 Å². The third kappa shape index (κ3) is 5.96. The van der Waals surface area contributed by atoms with E-state index in [0.29, 0.717) is 29.9 Å². The number of carbonyl (C=O) groups excluding carboxylic acids is 2. The predicted molar refractivity (Wildman–Crippen MR) is 93.6 cm³/mol. The number of carbonyl (C=O) groups is 2. The minimum Gasteiger partial charge on any atom is -0.490 e. The molecule has 1 saturated heterocycles. The van der Waals surface area contributed by atoms with E-state index in [1.807, 2.05) is 13.0 Å². The number of piperidine rings is 1. The third-order valence-corrected chi connectivity index (χ3v) is 4.07. The number of hydrogen-bond donors (Lipinski definition) is 0. The summed E-state index contributed by atoms with van der Waals surface area (Å²) in [6.07, 6.45) is 1.12. The van der Waals surface area contributed by atoms with Gasteiger partial charge in [-0.05, 0) is 37.3 Å². The van der Waals surface area contributed by atoms with Crippen LogP contribution in [0.1, 0.15) is 27.2 Å². The van der Waals surface area contributed by atoms with Crippen molar-refractivity contribution in [3.05, 3.63) is 24.3 Å². The number of amides is 1. The quantitative estimate of drug-likeness (QED) is 0.708. The Hall–Kier alpha value is -2.24. The molecule has 0 bridgehead atoms. The summed E-state index contributed by atoms with van der Waals surface area (Å²) in [4.78, 5) is 25.8. The van der Waals surface area contributed by atoms with Gasteiger partial charge in [-0.15, -0.1) is 0 Å². The van der Waals surface area contributed by atoms with Gasteiger partial charge in [-0.25, -0.2) is 4.79 Å². The number of ether oxygens (including phenoxy) is 3. The van der Waals surface area contributed by atoms with Crippen molar-refractivity contribution in [2.24, 2.45) is 11.8 Å². The highest BCUT2D eigenvalue weighted by molar-refractivity contribution is 5.81. The second-order valence-corrected chi connectivity index (χ2v) is 6.57. The second-order valence-electron chi connectivity index (χ2n) is 6.57. The van der Waals surface area contributed by atoms with E-state index in [1.54, 1.807) is 23.1 Å². The number of benzene rings is 1. The summed E-state index contributed by atoms with van der Waals surface area (Å²) in [6.45, 7) is 7.58. The first-order valence-corrected chi connectivity index (χ1v) is 8.77. The molecule has 0 saturated carbocycles. The van der Waals surface area contributed by atoms with Crippen molar-refractivity contribution in [2.75, 3.05) is 32.9 Å². The van der Waals surface area contributed by atoms with Crippen LogP contribution in [0.2, 0.25) is 0 Å².